The molecule has 0 bridgehead atoms. The van der Waals surface area contributed by atoms with Gasteiger partial charge < -0.3 is 10.5 Å². The number of anilines is 1. The highest BCUT2D eigenvalue weighted by Gasteiger charge is 2.08. The summed E-state index contributed by atoms with van der Waals surface area (Å²) in [6, 6.07) is 12.0. The van der Waals surface area contributed by atoms with Gasteiger partial charge in [-0.05, 0) is 36.4 Å². The smallest absolute Gasteiger partial charge is 0.338 e. The first-order valence-corrected chi connectivity index (χ1v) is 6.70. The van der Waals surface area contributed by atoms with Gasteiger partial charge in [0.1, 0.15) is 6.61 Å². The molecule has 0 fully saturated rings. The lowest BCUT2D eigenvalue weighted by Crippen LogP contribution is -2.05. The van der Waals surface area contributed by atoms with Gasteiger partial charge in [-0.1, -0.05) is 33.6 Å². The van der Waals surface area contributed by atoms with Gasteiger partial charge in [0.2, 0.25) is 0 Å². The summed E-state index contributed by atoms with van der Waals surface area (Å²) in [6.07, 6.45) is 0. The molecule has 2 aromatic carbocycles. The molecule has 0 aliphatic rings. The molecule has 2 aromatic rings. The van der Waals surface area contributed by atoms with E-state index < -0.39 is 5.97 Å². The molecule has 98 valence electrons. The zero-order chi connectivity index (χ0) is 13.8. The SMILES string of the molecule is Nc1ccc(C(=O)OCc2ccc(Br)cc2Cl)cc1. The van der Waals surface area contributed by atoms with Crippen molar-refractivity contribution in [2.45, 2.75) is 6.61 Å². The van der Waals surface area contributed by atoms with E-state index >= 15 is 0 Å². The Labute approximate surface area is 124 Å². The number of esters is 1. The summed E-state index contributed by atoms with van der Waals surface area (Å²) >= 11 is 9.36. The first-order chi connectivity index (χ1) is 9.06. The molecule has 0 aliphatic heterocycles. The van der Waals surface area contributed by atoms with Crippen molar-refractivity contribution in [1.29, 1.82) is 0 Å². The van der Waals surface area contributed by atoms with E-state index in [1.54, 1.807) is 30.3 Å². The summed E-state index contributed by atoms with van der Waals surface area (Å²) in [6.45, 7) is 0.134. The highest BCUT2D eigenvalue weighted by molar-refractivity contribution is 9.10. The fraction of sp³-hybridized carbons (Fsp3) is 0.0714. The Kier molecular flexibility index (Phi) is 4.45. The van der Waals surface area contributed by atoms with Gasteiger partial charge in [-0.25, -0.2) is 4.79 Å². The molecule has 5 heteroatoms. The fourth-order valence-electron chi connectivity index (χ4n) is 1.48. The van der Waals surface area contributed by atoms with Crippen molar-refractivity contribution in [3.8, 4) is 0 Å². The Bertz CT molecular complexity index is 599. The maximum Gasteiger partial charge on any atom is 0.338 e. The quantitative estimate of drug-likeness (QED) is 0.677. The van der Waals surface area contributed by atoms with Crippen LogP contribution in [0.1, 0.15) is 15.9 Å². The summed E-state index contributed by atoms with van der Waals surface area (Å²) in [4.78, 5) is 11.8. The molecule has 0 aromatic heterocycles. The molecule has 0 unspecified atom stereocenters. The van der Waals surface area contributed by atoms with E-state index in [4.69, 9.17) is 22.1 Å². The molecule has 0 aliphatic carbocycles. The maximum absolute atomic E-state index is 11.8. The Morgan fingerprint density at radius 2 is 1.89 bits per heavy atom. The summed E-state index contributed by atoms with van der Waals surface area (Å²) in [5, 5.41) is 0.555. The third-order valence-electron chi connectivity index (χ3n) is 2.52. The largest absolute Gasteiger partial charge is 0.457 e. The van der Waals surface area contributed by atoms with Gasteiger partial charge in [-0.3, -0.25) is 0 Å². The lowest BCUT2D eigenvalue weighted by atomic mass is 10.2. The number of ether oxygens (including phenoxy) is 1. The van der Waals surface area contributed by atoms with E-state index in [0.717, 1.165) is 10.0 Å². The predicted molar refractivity (Wildman–Crippen MR) is 79.1 cm³/mol. The van der Waals surface area contributed by atoms with Gasteiger partial charge >= 0.3 is 5.97 Å². The van der Waals surface area contributed by atoms with Crippen LogP contribution in [0, 0.1) is 0 Å². The molecule has 2 N–H and O–H groups in total. The maximum atomic E-state index is 11.8. The van der Waals surface area contributed by atoms with Crippen LogP contribution >= 0.6 is 27.5 Å². The van der Waals surface area contributed by atoms with E-state index in [1.807, 2.05) is 12.1 Å². The van der Waals surface area contributed by atoms with E-state index in [9.17, 15) is 4.79 Å². The predicted octanol–water partition coefficient (Wildman–Crippen LogP) is 4.04. The third kappa shape index (κ3) is 3.72. The number of carbonyl (C=O) groups excluding carboxylic acids is 1. The van der Waals surface area contributed by atoms with Crippen LogP contribution in [0.15, 0.2) is 46.9 Å². The van der Waals surface area contributed by atoms with Gasteiger partial charge in [-0.15, -0.1) is 0 Å². The van der Waals surface area contributed by atoms with Crippen LogP contribution in [0.2, 0.25) is 5.02 Å². The second-order valence-corrected chi connectivity index (χ2v) is 5.26. The van der Waals surface area contributed by atoms with Crippen LogP contribution in [-0.4, -0.2) is 5.97 Å². The minimum Gasteiger partial charge on any atom is -0.457 e. The first-order valence-electron chi connectivity index (χ1n) is 5.53. The van der Waals surface area contributed by atoms with Gasteiger partial charge in [0.15, 0.2) is 0 Å². The number of hydrogen-bond acceptors (Lipinski definition) is 3. The average Bonchev–Trinajstić information content (AvgIpc) is 2.38. The van der Waals surface area contributed by atoms with Crippen LogP contribution in [0.5, 0.6) is 0 Å². The van der Waals surface area contributed by atoms with Crippen molar-refractivity contribution in [2.24, 2.45) is 0 Å². The number of halogens is 2. The van der Waals surface area contributed by atoms with Crippen molar-refractivity contribution in [1.82, 2.24) is 0 Å². The van der Waals surface area contributed by atoms with Crippen molar-refractivity contribution in [2.75, 3.05) is 5.73 Å². The van der Waals surface area contributed by atoms with Crippen LogP contribution < -0.4 is 5.73 Å². The monoisotopic (exact) mass is 339 g/mol. The van der Waals surface area contributed by atoms with Gasteiger partial charge in [-0.2, -0.15) is 0 Å². The van der Waals surface area contributed by atoms with Gasteiger partial charge in [0.25, 0.3) is 0 Å². The fourth-order valence-corrected chi connectivity index (χ4v) is 2.21. The van der Waals surface area contributed by atoms with E-state index in [2.05, 4.69) is 15.9 Å². The molecule has 0 spiro atoms. The van der Waals surface area contributed by atoms with Crippen molar-refractivity contribution >= 4 is 39.2 Å². The highest BCUT2D eigenvalue weighted by Crippen LogP contribution is 2.22. The molecular formula is C14H11BrClNO2. The lowest BCUT2D eigenvalue weighted by molar-refractivity contribution is 0.0473. The molecule has 0 heterocycles. The normalized spacial score (nSPS) is 10.2. The Hall–Kier alpha value is -1.52. The van der Waals surface area contributed by atoms with Gasteiger partial charge in [0, 0.05) is 20.7 Å². The summed E-state index contributed by atoms with van der Waals surface area (Å²) in [5.41, 5.74) is 7.37. The third-order valence-corrected chi connectivity index (χ3v) is 3.37. The number of hydrogen-bond donors (Lipinski definition) is 1. The number of carbonyl (C=O) groups is 1. The van der Waals surface area contributed by atoms with Crippen LogP contribution in [0.25, 0.3) is 0 Å². The minimum absolute atomic E-state index is 0.134. The number of nitrogen functional groups attached to an aromatic ring is 1. The zero-order valence-electron chi connectivity index (χ0n) is 9.90. The summed E-state index contributed by atoms with van der Waals surface area (Å²) < 4.78 is 6.08. The molecule has 0 saturated carbocycles. The zero-order valence-corrected chi connectivity index (χ0v) is 12.2. The summed E-state index contributed by atoms with van der Waals surface area (Å²) in [5.74, 6) is -0.404. The standard InChI is InChI=1S/C14H11BrClNO2/c15-11-4-1-10(13(16)7-11)8-19-14(18)9-2-5-12(17)6-3-9/h1-7H,8,17H2. The molecule has 0 atom stereocenters. The second-order valence-electron chi connectivity index (χ2n) is 3.93. The molecular weight excluding hydrogens is 330 g/mol. The van der Waals surface area contributed by atoms with Crippen molar-refractivity contribution in [3.05, 3.63) is 63.1 Å². The number of benzene rings is 2. The van der Waals surface area contributed by atoms with Crippen LogP contribution in [0.3, 0.4) is 0 Å². The molecule has 3 nitrogen and oxygen atoms in total. The van der Waals surface area contributed by atoms with E-state index in [-0.39, 0.29) is 6.61 Å². The Morgan fingerprint density at radius 1 is 1.21 bits per heavy atom. The van der Waals surface area contributed by atoms with E-state index in [0.29, 0.717) is 16.3 Å². The van der Waals surface area contributed by atoms with E-state index in [1.165, 1.54) is 0 Å². The van der Waals surface area contributed by atoms with Crippen LogP contribution in [-0.2, 0) is 11.3 Å². The molecule has 0 radical (unpaired) electrons. The summed E-state index contributed by atoms with van der Waals surface area (Å²) in [7, 11) is 0. The first kappa shape index (κ1) is 13.9. The van der Waals surface area contributed by atoms with Crippen molar-refractivity contribution in [3.63, 3.8) is 0 Å². The Balaban J connectivity index is 2.02. The number of nitrogens with two attached hydrogens (primary N) is 1. The van der Waals surface area contributed by atoms with Gasteiger partial charge in [0.05, 0.1) is 5.56 Å². The second kappa shape index (κ2) is 6.08. The highest BCUT2D eigenvalue weighted by atomic mass is 79.9. The number of rotatable bonds is 3. The lowest BCUT2D eigenvalue weighted by Gasteiger charge is -2.07. The molecule has 2 rings (SSSR count). The Morgan fingerprint density at radius 3 is 2.53 bits per heavy atom. The van der Waals surface area contributed by atoms with Crippen LogP contribution in [0.4, 0.5) is 5.69 Å². The minimum atomic E-state index is -0.404. The average molecular weight is 341 g/mol. The molecule has 0 amide bonds. The van der Waals surface area contributed by atoms with Crippen molar-refractivity contribution < 1.29 is 9.53 Å². The topological polar surface area (TPSA) is 52.3 Å². The molecule has 0 saturated heterocycles. The molecule has 19 heavy (non-hydrogen) atoms.